The zero-order chi connectivity index (χ0) is 8.27. The van der Waals surface area contributed by atoms with Crippen molar-refractivity contribution in [1.82, 2.24) is 14.8 Å². The van der Waals surface area contributed by atoms with Crippen molar-refractivity contribution in [2.24, 2.45) is 0 Å². The molecule has 0 N–H and O–H groups in total. The highest BCUT2D eigenvalue weighted by Crippen LogP contribution is 2.13. The minimum atomic E-state index is 0.442. The Morgan fingerprint density at radius 1 is 1.73 bits per heavy atom. The minimum absolute atomic E-state index is 0.442. The molecule has 1 rings (SSSR count). The molecule has 0 aliphatic rings. The number of hydrogen-bond acceptors (Lipinski definition) is 2. The molecule has 0 bridgehead atoms. The Bertz CT molecular complexity index is 221. The van der Waals surface area contributed by atoms with Gasteiger partial charge in [-0.3, -0.25) is 4.68 Å². The summed E-state index contributed by atoms with van der Waals surface area (Å²) in [4.78, 5) is 4.18. The Hall–Kier alpha value is -0.380. The molecule has 1 aromatic heterocycles. The molecule has 4 heteroatoms. The summed E-state index contributed by atoms with van der Waals surface area (Å²) >= 11 is 3.42. The lowest BCUT2D eigenvalue weighted by molar-refractivity contribution is 0.592. The van der Waals surface area contributed by atoms with E-state index in [2.05, 4.69) is 39.9 Å². The van der Waals surface area contributed by atoms with Crippen LogP contribution >= 0.6 is 15.9 Å². The van der Waals surface area contributed by atoms with E-state index in [1.54, 1.807) is 6.33 Å². The number of aryl methyl sites for hydroxylation is 1. The van der Waals surface area contributed by atoms with Crippen molar-refractivity contribution in [3.63, 3.8) is 0 Å². The molecule has 1 aromatic rings. The number of halogens is 1. The average molecular weight is 218 g/mol. The van der Waals surface area contributed by atoms with Crippen LogP contribution in [0.1, 0.15) is 25.6 Å². The van der Waals surface area contributed by atoms with Gasteiger partial charge < -0.3 is 0 Å². The van der Waals surface area contributed by atoms with Crippen LogP contribution in [0.2, 0.25) is 0 Å². The number of rotatable bonds is 3. The first-order valence-corrected chi connectivity index (χ1v) is 4.85. The number of aromatic nitrogens is 3. The predicted octanol–water partition coefficient (Wildman–Crippen LogP) is 1.80. The Morgan fingerprint density at radius 3 is 3.00 bits per heavy atom. The lowest BCUT2D eigenvalue weighted by atomic mass is 10.2. The van der Waals surface area contributed by atoms with Gasteiger partial charge in [-0.15, -0.1) is 0 Å². The van der Waals surface area contributed by atoms with Crippen molar-refractivity contribution in [1.29, 1.82) is 0 Å². The van der Waals surface area contributed by atoms with Crippen LogP contribution < -0.4 is 0 Å². The van der Waals surface area contributed by atoms with Gasteiger partial charge in [0.05, 0.1) is 0 Å². The number of alkyl halides is 1. The number of nitrogens with zero attached hydrogens (tertiary/aromatic N) is 3. The lowest BCUT2D eigenvalue weighted by Gasteiger charge is -2.06. The highest BCUT2D eigenvalue weighted by Gasteiger charge is 2.09. The highest BCUT2D eigenvalue weighted by molar-refractivity contribution is 9.09. The van der Waals surface area contributed by atoms with E-state index in [9.17, 15) is 0 Å². The molecule has 11 heavy (non-hydrogen) atoms. The first-order valence-electron chi connectivity index (χ1n) is 3.73. The quantitative estimate of drug-likeness (QED) is 0.724. The summed E-state index contributed by atoms with van der Waals surface area (Å²) in [6.45, 7) is 5.09. The fourth-order valence-corrected chi connectivity index (χ4v) is 1.26. The number of hydrogen-bond donors (Lipinski definition) is 0. The summed E-state index contributed by atoms with van der Waals surface area (Å²) in [7, 11) is 0. The van der Waals surface area contributed by atoms with Crippen LogP contribution in [-0.2, 0) is 6.54 Å². The van der Waals surface area contributed by atoms with Gasteiger partial charge >= 0.3 is 0 Å². The normalized spacial score (nSPS) is 13.4. The Labute approximate surface area is 75.0 Å². The maximum atomic E-state index is 4.18. The maximum absolute atomic E-state index is 4.18. The fourth-order valence-electron chi connectivity index (χ4n) is 0.967. The molecule has 0 aliphatic heterocycles. The largest absolute Gasteiger partial charge is 0.250 e. The zero-order valence-electron chi connectivity index (χ0n) is 6.79. The van der Waals surface area contributed by atoms with E-state index >= 15 is 0 Å². The van der Waals surface area contributed by atoms with Crippen LogP contribution in [0, 0.1) is 0 Å². The van der Waals surface area contributed by atoms with Crippen molar-refractivity contribution in [2.45, 2.75) is 26.3 Å². The van der Waals surface area contributed by atoms with Crippen molar-refractivity contribution in [2.75, 3.05) is 5.33 Å². The molecule has 1 heterocycles. The van der Waals surface area contributed by atoms with Gasteiger partial charge in [-0.1, -0.05) is 22.9 Å². The third-order valence-corrected chi connectivity index (χ3v) is 2.59. The standard InChI is InChI=1S/C7H12BrN3/c1-3-11-7(6(2)4-8)9-5-10-11/h5-6H,3-4H2,1-2H3. The van der Waals surface area contributed by atoms with Gasteiger partial charge in [0.25, 0.3) is 0 Å². The van der Waals surface area contributed by atoms with Crippen molar-refractivity contribution in [3.8, 4) is 0 Å². The van der Waals surface area contributed by atoms with E-state index < -0.39 is 0 Å². The monoisotopic (exact) mass is 217 g/mol. The first-order chi connectivity index (χ1) is 5.29. The van der Waals surface area contributed by atoms with Crippen LogP contribution in [0.25, 0.3) is 0 Å². The molecular formula is C7H12BrN3. The van der Waals surface area contributed by atoms with Gasteiger partial charge in [0.15, 0.2) is 0 Å². The molecule has 62 valence electrons. The Morgan fingerprint density at radius 2 is 2.45 bits per heavy atom. The second-order valence-electron chi connectivity index (χ2n) is 2.49. The predicted molar refractivity (Wildman–Crippen MR) is 47.9 cm³/mol. The molecule has 0 aromatic carbocycles. The third-order valence-electron chi connectivity index (χ3n) is 1.62. The third kappa shape index (κ3) is 1.80. The Kier molecular flexibility index (Phi) is 3.05. The van der Waals surface area contributed by atoms with E-state index in [0.717, 1.165) is 17.7 Å². The molecule has 3 nitrogen and oxygen atoms in total. The minimum Gasteiger partial charge on any atom is -0.250 e. The van der Waals surface area contributed by atoms with Gasteiger partial charge in [0, 0.05) is 17.8 Å². The van der Waals surface area contributed by atoms with Crippen LogP contribution in [-0.4, -0.2) is 20.1 Å². The molecule has 1 unspecified atom stereocenters. The Balaban J connectivity index is 2.83. The fraction of sp³-hybridized carbons (Fsp3) is 0.714. The van der Waals surface area contributed by atoms with E-state index in [0.29, 0.717) is 5.92 Å². The van der Waals surface area contributed by atoms with E-state index in [-0.39, 0.29) is 0 Å². The molecule has 0 saturated carbocycles. The van der Waals surface area contributed by atoms with E-state index in [1.807, 2.05) is 4.68 Å². The zero-order valence-corrected chi connectivity index (χ0v) is 8.37. The first kappa shape index (κ1) is 8.71. The molecular weight excluding hydrogens is 206 g/mol. The van der Waals surface area contributed by atoms with Crippen LogP contribution in [0.4, 0.5) is 0 Å². The summed E-state index contributed by atoms with van der Waals surface area (Å²) in [5, 5.41) is 5.02. The lowest BCUT2D eigenvalue weighted by Crippen LogP contribution is -2.07. The van der Waals surface area contributed by atoms with Gasteiger partial charge in [-0.25, -0.2) is 4.98 Å². The van der Waals surface area contributed by atoms with E-state index in [1.165, 1.54) is 0 Å². The van der Waals surface area contributed by atoms with Crippen LogP contribution in [0.15, 0.2) is 6.33 Å². The highest BCUT2D eigenvalue weighted by atomic mass is 79.9. The molecule has 0 fully saturated rings. The molecule has 1 atom stereocenters. The second-order valence-corrected chi connectivity index (χ2v) is 3.14. The SMILES string of the molecule is CCn1ncnc1C(C)CBr. The summed E-state index contributed by atoms with van der Waals surface area (Å²) in [5.41, 5.74) is 0. The topological polar surface area (TPSA) is 30.7 Å². The summed E-state index contributed by atoms with van der Waals surface area (Å²) < 4.78 is 1.92. The molecule has 0 radical (unpaired) electrons. The van der Waals surface area contributed by atoms with Gasteiger partial charge in [0.1, 0.15) is 12.2 Å². The molecule has 0 saturated heterocycles. The van der Waals surface area contributed by atoms with Gasteiger partial charge in [0.2, 0.25) is 0 Å². The smallest absolute Gasteiger partial charge is 0.138 e. The van der Waals surface area contributed by atoms with E-state index in [4.69, 9.17) is 0 Å². The summed E-state index contributed by atoms with van der Waals surface area (Å²) in [5.74, 6) is 1.50. The molecule has 0 aliphatic carbocycles. The summed E-state index contributed by atoms with van der Waals surface area (Å²) in [6, 6.07) is 0. The summed E-state index contributed by atoms with van der Waals surface area (Å²) in [6.07, 6.45) is 1.61. The van der Waals surface area contributed by atoms with Crippen molar-refractivity contribution >= 4 is 15.9 Å². The van der Waals surface area contributed by atoms with Gasteiger partial charge in [-0.05, 0) is 6.92 Å². The molecule has 0 amide bonds. The second kappa shape index (κ2) is 3.85. The van der Waals surface area contributed by atoms with Crippen molar-refractivity contribution < 1.29 is 0 Å². The van der Waals surface area contributed by atoms with Crippen LogP contribution in [0.3, 0.4) is 0 Å². The molecule has 0 spiro atoms. The maximum Gasteiger partial charge on any atom is 0.138 e. The van der Waals surface area contributed by atoms with Gasteiger partial charge in [-0.2, -0.15) is 5.10 Å². The van der Waals surface area contributed by atoms with Crippen molar-refractivity contribution in [3.05, 3.63) is 12.2 Å². The van der Waals surface area contributed by atoms with Crippen LogP contribution in [0.5, 0.6) is 0 Å². The average Bonchev–Trinajstić information content (AvgIpc) is 2.50.